The Labute approximate surface area is 79.3 Å². The summed E-state index contributed by atoms with van der Waals surface area (Å²) in [5.41, 5.74) is 0. The topological polar surface area (TPSA) is 124 Å². The molecule has 0 spiro atoms. The van der Waals surface area contributed by atoms with Gasteiger partial charge in [0, 0.05) is 6.92 Å². The van der Waals surface area contributed by atoms with Crippen LogP contribution in [0.15, 0.2) is 0 Å². The van der Waals surface area contributed by atoms with Gasteiger partial charge in [-0.3, -0.25) is 9.59 Å². The van der Waals surface area contributed by atoms with Crippen molar-refractivity contribution in [3.05, 3.63) is 0 Å². The number of hydrogen-bond acceptors (Lipinski definition) is 4. The molecule has 0 aromatic rings. The third kappa shape index (κ3) is 3.40. The molecule has 7 heteroatoms. The average molecular weight is 205 g/mol. The summed E-state index contributed by atoms with van der Waals surface area (Å²) in [6.45, 7) is 0.207. The van der Waals surface area contributed by atoms with Crippen molar-refractivity contribution in [3.8, 4) is 0 Å². The first kappa shape index (κ1) is 12.4. The second-order valence-corrected chi connectivity index (χ2v) is 2.64. The van der Waals surface area contributed by atoms with Crippen molar-refractivity contribution in [3.63, 3.8) is 0 Å². The molecular formula is C7H11NO6. The molecule has 2 unspecified atom stereocenters. The van der Waals surface area contributed by atoms with Gasteiger partial charge in [0.2, 0.25) is 5.91 Å². The molecule has 14 heavy (non-hydrogen) atoms. The number of carboxylic acid groups (broad SMARTS) is 2. The fourth-order valence-corrected chi connectivity index (χ4v) is 0.879. The van der Waals surface area contributed by atoms with Gasteiger partial charge in [-0.2, -0.15) is 0 Å². The molecule has 0 saturated heterocycles. The number of hydrogen-bond donors (Lipinski definition) is 4. The summed E-state index contributed by atoms with van der Waals surface area (Å²) in [4.78, 5) is 31.6. The normalized spacial score (nSPS) is 14.1. The quantitative estimate of drug-likeness (QED) is 0.422. The van der Waals surface area contributed by atoms with Gasteiger partial charge in [-0.1, -0.05) is 0 Å². The average Bonchev–Trinajstić information content (AvgIpc) is 2.02. The Hall–Kier alpha value is -1.63. The van der Waals surface area contributed by atoms with Gasteiger partial charge in [-0.15, -0.1) is 0 Å². The molecule has 1 amide bonds. The summed E-state index contributed by atoms with van der Waals surface area (Å²) in [5.74, 6) is -5.19. The lowest BCUT2D eigenvalue weighted by atomic mass is 10.0. The number of carbonyl (C=O) groups is 3. The second-order valence-electron chi connectivity index (χ2n) is 2.64. The molecular weight excluding hydrogens is 194 g/mol. The lowest BCUT2D eigenvalue weighted by Crippen LogP contribution is -2.49. The highest BCUT2D eigenvalue weighted by Gasteiger charge is 2.33. The molecule has 0 heterocycles. The lowest BCUT2D eigenvalue weighted by Gasteiger charge is -2.18. The molecule has 0 rings (SSSR count). The molecule has 0 saturated carbocycles. The van der Waals surface area contributed by atoms with Crippen molar-refractivity contribution in [2.75, 3.05) is 6.61 Å². The molecule has 4 N–H and O–H groups in total. The first-order chi connectivity index (χ1) is 6.40. The molecule has 0 bridgehead atoms. The predicted molar refractivity (Wildman–Crippen MR) is 43.5 cm³/mol. The number of aliphatic carboxylic acids is 2. The van der Waals surface area contributed by atoms with E-state index in [1.54, 1.807) is 0 Å². The maximum absolute atomic E-state index is 10.6. The molecule has 0 aromatic heterocycles. The van der Waals surface area contributed by atoms with Crippen molar-refractivity contribution in [1.82, 2.24) is 5.32 Å². The maximum Gasteiger partial charge on any atom is 0.327 e. The van der Waals surface area contributed by atoms with Crippen LogP contribution in [0.5, 0.6) is 0 Å². The first-order valence-corrected chi connectivity index (χ1v) is 3.73. The summed E-state index contributed by atoms with van der Waals surface area (Å²) in [7, 11) is 0. The van der Waals surface area contributed by atoms with Gasteiger partial charge in [0.1, 0.15) is 12.0 Å². The van der Waals surface area contributed by atoms with Crippen LogP contribution in [-0.2, 0) is 14.4 Å². The molecule has 0 aliphatic carbocycles. The van der Waals surface area contributed by atoms with Gasteiger partial charge < -0.3 is 20.6 Å². The molecule has 0 aliphatic rings. The lowest BCUT2D eigenvalue weighted by molar-refractivity contribution is -0.153. The first-order valence-electron chi connectivity index (χ1n) is 3.73. The van der Waals surface area contributed by atoms with Gasteiger partial charge in [0.15, 0.2) is 0 Å². The Morgan fingerprint density at radius 3 is 1.93 bits per heavy atom. The highest BCUT2D eigenvalue weighted by molar-refractivity contribution is 5.87. The smallest absolute Gasteiger partial charge is 0.327 e. The Morgan fingerprint density at radius 2 is 1.71 bits per heavy atom. The van der Waals surface area contributed by atoms with E-state index in [0.717, 1.165) is 6.92 Å². The fourth-order valence-electron chi connectivity index (χ4n) is 0.879. The third-order valence-corrected chi connectivity index (χ3v) is 1.54. The van der Waals surface area contributed by atoms with Crippen LogP contribution in [0.3, 0.4) is 0 Å². The third-order valence-electron chi connectivity index (χ3n) is 1.54. The zero-order valence-corrected chi connectivity index (χ0v) is 7.43. The van der Waals surface area contributed by atoms with Crippen LogP contribution in [0.4, 0.5) is 0 Å². The number of nitrogens with one attached hydrogen (secondary N) is 1. The van der Waals surface area contributed by atoms with Gasteiger partial charge in [-0.05, 0) is 0 Å². The van der Waals surface area contributed by atoms with E-state index in [1.165, 1.54) is 0 Å². The minimum Gasteiger partial charge on any atom is -0.481 e. The number of amides is 1. The summed E-state index contributed by atoms with van der Waals surface area (Å²) in [6.07, 6.45) is 0. The molecule has 80 valence electrons. The minimum absolute atomic E-state index is 0.669. The van der Waals surface area contributed by atoms with Crippen LogP contribution in [0.25, 0.3) is 0 Å². The number of aliphatic hydroxyl groups excluding tert-OH is 1. The fraction of sp³-hybridized carbons (Fsp3) is 0.571. The van der Waals surface area contributed by atoms with Crippen molar-refractivity contribution in [2.24, 2.45) is 5.92 Å². The van der Waals surface area contributed by atoms with Gasteiger partial charge in [0.05, 0.1) is 6.61 Å². The van der Waals surface area contributed by atoms with Crippen LogP contribution < -0.4 is 5.32 Å². The molecule has 7 nitrogen and oxygen atoms in total. The largest absolute Gasteiger partial charge is 0.481 e. The van der Waals surface area contributed by atoms with E-state index in [4.69, 9.17) is 15.3 Å². The zero-order valence-electron chi connectivity index (χ0n) is 7.43. The number of carbonyl (C=O) groups excluding carboxylic acids is 1. The van der Waals surface area contributed by atoms with Crippen LogP contribution in [0.2, 0.25) is 0 Å². The Bertz CT molecular complexity index is 251. The number of aliphatic hydroxyl groups is 1. The van der Waals surface area contributed by atoms with Gasteiger partial charge in [-0.25, -0.2) is 4.79 Å². The molecule has 2 atom stereocenters. The standard InChI is InChI=1S/C7H11NO6/c1-3(10)8-5(7(13)14)4(2-9)6(11)12/h4-5,9H,2H2,1H3,(H,8,10)(H,11,12)(H,13,14). The van der Waals surface area contributed by atoms with E-state index in [2.05, 4.69) is 0 Å². The van der Waals surface area contributed by atoms with Crippen LogP contribution in [0, 0.1) is 5.92 Å². The van der Waals surface area contributed by atoms with Crippen LogP contribution in [-0.4, -0.2) is 45.8 Å². The number of carboxylic acids is 2. The van der Waals surface area contributed by atoms with Gasteiger partial charge >= 0.3 is 11.9 Å². The summed E-state index contributed by atoms with van der Waals surface area (Å²) < 4.78 is 0. The highest BCUT2D eigenvalue weighted by Crippen LogP contribution is 2.04. The predicted octanol–water partition coefficient (Wildman–Crippen LogP) is -1.73. The van der Waals surface area contributed by atoms with Crippen molar-refractivity contribution >= 4 is 17.8 Å². The van der Waals surface area contributed by atoms with Crippen LogP contribution in [0.1, 0.15) is 6.92 Å². The van der Waals surface area contributed by atoms with E-state index >= 15 is 0 Å². The Morgan fingerprint density at radius 1 is 1.21 bits per heavy atom. The zero-order chi connectivity index (χ0) is 11.3. The summed E-state index contributed by atoms with van der Waals surface area (Å²) in [5, 5.41) is 27.7. The Balaban J connectivity index is 4.69. The molecule has 0 fully saturated rings. The van der Waals surface area contributed by atoms with Gasteiger partial charge in [0.25, 0.3) is 0 Å². The molecule has 0 aliphatic heterocycles. The second kappa shape index (κ2) is 5.18. The van der Waals surface area contributed by atoms with E-state index in [0.29, 0.717) is 0 Å². The monoisotopic (exact) mass is 205 g/mol. The SMILES string of the molecule is CC(=O)NC(C(=O)O)C(CO)C(=O)O. The summed E-state index contributed by atoms with van der Waals surface area (Å²) in [6, 6.07) is -1.62. The van der Waals surface area contributed by atoms with Crippen LogP contribution >= 0.6 is 0 Å². The van der Waals surface area contributed by atoms with E-state index in [-0.39, 0.29) is 0 Å². The number of rotatable bonds is 5. The minimum atomic E-state index is -1.62. The molecule has 0 radical (unpaired) electrons. The summed E-state index contributed by atoms with van der Waals surface area (Å²) >= 11 is 0. The Kier molecular flexibility index (Phi) is 4.57. The highest BCUT2D eigenvalue weighted by atomic mass is 16.4. The van der Waals surface area contributed by atoms with Crippen molar-refractivity contribution in [1.29, 1.82) is 0 Å². The maximum atomic E-state index is 10.6. The van der Waals surface area contributed by atoms with Crippen molar-refractivity contribution in [2.45, 2.75) is 13.0 Å². The van der Waals surface area contributed by atoms with E-state index < -0.39 is 36.4 Å². The molecule has 0 aromatic carbocycles. The van der Waals surface area contributed by atoms with E-state index in [1.807, 2.05) is 5.32 Å². The van der Waals surface area contributed by atoms with Crippen molar-refractivity contribution < 1.29 is 29.7 Å². The van der Waals surface area contributed by atoms with E-state index in [9.17, 15) is 14.4 Å².